The Bertz CT molecular complexity index is 112. The summed E-state index contributed by atoms with van der Waals surface area (Å²) in [7, 11) is 0. The second-order valence-electron chi connectivity index (χ2n) is 1.25. The first-order chi connectivity index (χ1) is 3.81. The molecule has 0 aromatic heterocycles. The first-order valence-corrected chi connectivity index (χ1v) is 2.35. The lowest BCUT2D eigenvalue weighted by Gasteiger charge is -1.92. The molecule has 0 aromatic rings. The smallest absolute Gasteiger partial charge is 0.295 e. The number of amides is 1. The molecule has 8 heavy (non-hydrogen) atoms. The molecule has 0 bridgehead atoms. The number of nitrogens with one attached hydrogen (secondary N) is 1. The average Bonchev–Trinajstić information content (AvgIpc) is 1.83. The summed E-state index contributed by atoms with van der Waals surface area (Å²) in [4.78, 5) is 10.2. The van der Waals surface area contributed by atoms with Crippen LogP contribution in [0.5, 0.6) is 0 Å². The van der Waals surface area contributed by atoms with Gasteiger partial charge in [0.05, 0.1) is 0 Å². The van der Waals surface area contributed by atoms with Crippen molar-refractivity contribution in [1.29, 1.82) is 0 Å². The van der Waals surface area contributed by atoms with E-state index in [9.17, 15) is 4.79 Å². The zero-order valence-corrected chi connectivity index (χ0v) is 4.61. The van der Waals surface area contributed by atoms with Crippen LogP contribution in [0.2, 0.25) is 0 Å². The second kappa shape index (κ2) is 4.20. The van der Waals surface area contributed by atoms with Crippen molar-refractivity contribution >= 4 is 5.91 Å². The minimum Gasteiger partial charge on any atom is -0.345 e. The highest BCUT2D eigenvalue weighted by Crippen LogP contribution is 1.67. The van der Waals surface area contributed by atoms with Crippen molar-refractivity contribution in [2.75, 3.05) is 6.54 Å². The van der Waals surface area contributed by atoms with Crippen LogP contribution in [0.4, 0.5) is 0 Å². The topological polar surface area (TPSA) is 29.1 Å². The fourth-order valence-corrected chi connectivity index (χ4v) is 0.253. The molecule has 0 spiro atoms. The van der Waals surface area contributed by atoms with Gasteiger partial charge in [-0.05, 0) is 12.3 Å². The van der Waals surface area contributed by atoms with E-state index in [-0.39, 0.29) is 5.91 Å². The van der Waals surface area contributed by atoms with Crippen LogP contribution in [0.15, 0.2) is 0 Å². The van der Waals surface area contributed by atoms with Gasteiger partial charge in [0.25, 0.3) is 5.91 Å². The number of hydrogen-bond acceptors (Lipinski definition) is 1. The Balaban J connectivity index is 3.16. The summed E-state index contributed by atoms with van der Waals surface area (Å²) in [6.07, 6.45) is 5.40. The summed E-state index contributed by atoms with van der Waals surface area (Å²) in [5.74, 6) is 1.55. The summed E-state index contributed by atoms with van der Waals surface area (Å²) in [5.41, 5.74) is 0. The van der Waals surface area contributed by atoms with Crippen LogP contribution in [-0.2, 0) is 4.79 Å². The maximum Gasteiger partial charge on any atom is 0.295 e. The molecule has 2 nitrogen and oxygen atoms in total. The van der Waals surface area contributed by atoms with Gasteiger partial charge in [-0.25, -0.2) is 0 Å². The lowest BCUT2D eigenvalue weighted by Crippen LogP contribution is -2.21. The maximum absolute atomic E-state index is 10.2. The van der Waals surface area contributed by atoms with Gasteiger partial charge in [-0.2, -0.15) is 0 Å². The Kier molecular flexibility index (Phi) is 3.69. The van der Waals surface area contributed by atoms with Crippen LogP contribution in [-0.4, -0.2) is 12.5 Å². The monoisotopic (exact) mass is 110 g/mol. The minimum atomic E-state index is -0.367. The van der Waals surface area contributed by atoms with Crippen molar-refractivity contribution in [3.05, 3.63) is 6.92 Å². The molecular formula is C6H8NO. The van der Waals surface area contributed by atoms with Gasteiger partial charge in [0.2, 0.25) is 0 Å². The summed E-state index contributed by atoms with van der Waals surface area (Å²) < 4.78 is 0. The van der Waals surface area contributed by atoms with Crippen molar-refractivity contribution in [3.63, 3.8) is 0 Å². The van der Waals surface area contributed by atoms with Gasteiger partial charge in [0.15, 0.2) is 0 Å². The average molecular weight is 110 g/mol. The van der Waals surface area contributed by atoms with Crippen molar-refractivity contribution < 1.29 is 4.79 Å². The Morgan fingerprint density at radius 1 is 1.88 bits per heavy atom. The number of carbonyl (C=O) groups excluding carboxylic acids is 1. The fraction of sp³-hybridized carbons (Fsp3) is 0.333. The summed E-state index contributed by atoms with van der Waals surface area (Å²) in [6, 6.07) is 0. The van der Waals surface area contributed by atoms with E-state index in [2.05, 4.69) is 12.2 Å². The van der Waals surface area contributed by atoms with Crippen molar-refractivity contribution in [2.24, 2.45) is 0 Å². The van der Waals surface area contributed by atoms with E-state index in [1.54, 1.807) is 0 Å². The molecular weight excluding hydrogens is 102 g/mol. The van der Waals surface area contributed by atoms with Crippen LogP contribution in [0.1, 0.15) is 6.42 Å². The molecule has 0 aliphatic heterocycles. The first-order valence-electron chi connectivity index (χ1n) is 2.35. The predicted octanol–water partition coefficient (Wildman–Crippen LogP) is -0.0400. The molecule has 1 N–H and O–H groups in total. The van der Waals surface area contributed by atoms with Crippen LogP contribution in [0.25, 0.3) is 0 Å². The molecule has 0 saturated carbocycles. The van der Waals surface area contributed by atoms with E-state index in [0.717, 1.165) is 0 Å². The number of carbonyl (C=O) groups is 1. The standard InChI is InChI=1S/C6H8NO/c1-3-5-7-6(8)4-2/h2H,1,3,5H2,(H,7,8). The van der Waals surface area contributed by atoms with E-state index in [4.69, 9.17) is 6.42 Å². The Morgan fingerprint density at radius 2 is 2.50 bits per heavy atom. The van der Waals surface area contributed by atoms with Gasteiger partial charge in [-0.15, -0.1) is 6.42 Å². The zero-order chi connectivity index (χ0) is 6.41. The van der Waals surface area contributed by atoms with Crippen LogP contribution >= 0.6 is 0 Å². The number of rotatable bonds is 2. The maximum atomic E-state index is 10.2. The molecule has 43 valence electrons. The molecule has 0 rings (SSSR count). The lowest BCUT2D eigenvalue weighted by atomic mass is 10.5. The van der Waals surface area contributed by atoms with Crippen molar-refractivity contribution in [2.45, 2.75) is 6.42 Å². The Hall–Kier alpha value is -0.970. The minimum absolute atomic E-state index is 0.367. The SMILES string of the molecule is C#CC(=O)NCC[CH2]. The van der Waals surface area contributed by atoms with Crippen molar-refractivity contribution in [1.82, 2.24) is 5.32 Å². The predicted molar refractivity (Wildman–Crippen MR) is 31.8 cm³/mol. The van der Waals surface area contributed by atoms with E-state index in [1.165, 1.54) is 0 Å². The van der Waals surface area contributed by atoms with Gasteiger partial charge in [-0.3, -0.25) is 4.79 Å². The van der Waals surface area contributed by atoms with Gasteiger partial charge in [0.1, 0.15) is 0 Å². The normalized spacial score (nSPS) is 7.50. The molecule has 0 heterocycles. The van der Waals surface area contributed by atoms with Gasteiger partial charge in [0, 0.05) is 6.54 Å². The Morgan fingerprint density at radius 3 is 2.88 bits per heavy atom. The number of terminal acetylenes is 1. The molecule has 0 fully saturated rings. The van der Waals surface area contributed by atoms with E-state index in [0.29, 0.717) is 13.0 Å². The summed E-state index contributed by atoms with van der Waals surface area (Å²) >= 11 is 0. The van der Waals surface area contributed by atoms with Crippen LogP contribution in [0.3, 0.4) is 0 Å². The highest BCUT2D eigenvalue weighted by Gasteiger charge is 1.87. The van der Waals surface area contributed by atoms with Crippen LogP contribution in [0, 0.1) is 19.3 Å². The lowest BCUT2D eigenvalue weighted by molar-refractivity contribution is -0.115. The van der Waals surface area contributed by atoms with Gasteiger partial charge >= 0.3 is 0 Å². The van der Waals surface area contributed by atoms with Gasteiger partial charge in [-0.1, -0.05) is 6.92 Å². The third-order valence-corrected chi connectivity index (χ3v) is 0.593. The Labute approximate surface area is 49.3 Å². The van der Waals surface area contributed by atoms with Gasteiger partial charge < -0.3 is 5.32 Å². The fourth-order valence-electron chi connectivity index (χ4n) is 0.253. The van der Waals surface area contributed by atoms with E-state index in [1.807, 2.05) is 5.92 Å². The van der Waals surface area contributed by atoms with Crippen molar-refractivity contribution in [3.8, 4) is 12.3 Å². The summed E-state index contributed by atoms with van der Waals surface area (Å²) in [6.45, 7) is 4.07. The second-order valence-corrected chi connectivity index (χ2v) is 1.25. The molecule has 0 aliphatic rings. The largest absolute Gasteiger partial charge is 0.345 e. The van der Waals surface area contributed by atoms with E-state index >= 15 is 0 Å². The molecule has 0 saturated heterocycles. The zero-order valence-electron chi connectivity index (χ0n) is 4.61. The molecule has 0 atom stereocenters. The number of hydrogen-bond donors (Lipinski definition) is 1. The third-order valence-electron chi connectivity index (χ3n) is 0.593. The quantitative estimate of drug-likeness (QED) is 0.496. The highest BCUT2D eigenvalue weighted by molar-refractivity contribution is 5.92. The molecule has 1 radical (unpaired) electrons. The molecule has 2 heteroatoms. The molecule has 0 unspecified atom stereocenters. The molecule has 1 amide bonds. The summed E-state index contributed by atoms with van der Waals surface area (Å²) in [5, 5.41) is 2.44. The van der Waals surface area contributed by atoms with Crippen LogP contribution < -0.4 is 5.32 Å². The molecule has 0 aromatic carbocycles. The highest BCUT2D eigenvalue weighted by atomic mass is 16.1. The first kappa shape index (κ1) is 7.03. The van der Waals surface area contributed by atoms with E-state index < -0.39 is 0 Å². The molecule has 0 aliphatic carbocycles. The third kappa shape index (κ3) is 3.23.